The molecule has 0 spiro atoms. The summed E-state index contributed by atoms with van der Waals surface area (Å²) in [6, 6.07) is 33.7. The average Bonchev–Trinajstić information content (AvgIpc) is 2.98. The van der Waals surface area contributed by atoms with Crippen LogP contribution in [0.25, 0.3) is 11.1 Å². The van der Waals surface area contributed by atoms with Crippen molar-refractivity contribution in [1.82, 2.24) is 0 Å². The lowest BCUT2D eigenvalue weighted by atomic mass is 9.93. The number of rotatable bonds is 13. The maximum atomic E-state index is 5.92. The maximum absolute atomic E-state index is 5.92. The van der Waals surface area contributed by atoms with Gasteiger partial charge < -0.3 is 18.9 Å². The number of aryl methyl sites for hydroxylation is 2. The third-order valence-corrected chi connectivity index (χ3v) is 6.88. The molecule has 4 aromatic carbocycles. The van der Waals surface area contributed by atoms with Gasteiger partial charge in [0.1, 0.15) is 11.5 Å². The van der Waals surface area contributed by atoms with Crippen molar-refractivity contribution in [3.63, 3.8) is 0 Å². The van der Waals surface area contributed by atoms with Crippen LogP contribution in [-0.2, 0) is 9.47 Å². The normalized spacial score (nSPS) is 12.2. The molecule has 2 atom stereocenters. The van der Waals surface area contributed by atoms with Gasteiger partial charge in [0.25, 0.3) is 0 Å². The van der Waals surface area contributed by atoms with Crippen molar-refractivity contribution in [2.75, 3.05) is 13.2 Å². The summed E-state index contributed by atoms with van der Waals surface area (Å²) in [5.41, 5.74) is 9.20. The highest BCUT2D eigenvalue weighted by molar-refractivity contribution is 5.86. The molecule has 42 heavy (non-hydrogen) atoms. The monoisotopic (exact) mass is 562 g/mol. The van der Waals surface area contributed by atoms with E-state index in [0.29, 0.717) is 13.2 Å². The summed E-state index contributed by atoms with van der Waals surface area (Å²) in [7, 11) is 0. The molecular formula is C38H42O4. The summed E-state index contributed by atoms with van der Waals surface area (Å²) in [5.74, 6) is 1.53. The molecule has 0 saturated carbocycles. The van der Waals surface area contributed by atoms with Gasteiger partial charge in [-0.15, -0.1) is 0 Å². The number of ether oxygens (including phenoxy) is 4. The molecule has 0 bridgehead atoms. The highest BCUT2D eigenvalue weighted by Gasteiger charge is 2.11. The van der Waals surface area contributed by atoms with Crippen LogP contribution >= 0.6 is 0 Å². The first-order valence-electron chi connectivity index (χ1n) is 14.7. The largest absolute Gasteiger partial charge is 0.465 e. The van der Waals surface area contributed by atoms with Crippen LogP contribution in [0.1, 0.15) is 61.1 Å². The highest BCUT2D eigenvalue weighted by Crippen LogP contribution is 2.30. The summed E-state index contributed by atoms with van der Waals surface area (Å²) in [4.78, 5) is 0. The minimum absolute atomic E-state index is 0.308. The van der Waals surface area contributed by atoms with Gasteiger partial charge in [0.05, 0.1) is 0 Å². The first-order valence-corrected chi connectivity index (χ1v) is 14.7. The lowest BCUT2D eigenvalue weighted by Crippen LogP contribution is -2.15. The Labute approximate surface area is 251 Å². The number of allylic oxidation sites excluding steroid dienone is 2. The lowest BCUT2D eigenvalue weighted by molar-refractivity contribution is -0.0616. The Kier molecular flexibility index (Phi) is 11.2. The van der Waals surface area contributed by atoms with E-state index in [9.17, 15) is 0 Å². The highest BCUT2D eigenvalue weighted by atomic mass is 16.7. The van der Waals surface area contributed by atoms with E-state index < -0.39 is 0 Å². The average molecular weight is 563 g/mol. The SMILES string of the molecule is CCOC(C)Oc1ccc(C(=CC=C(c2ccc(C)cc2)c2ccc(C)cc2)c2ccc(OC(C)OCC)cc2)cc1. The molecule has 4 aromatic rings. The fraction of sp³-hybridized carbons (Fsp3) is 0.263. The van der Waals surface area contributed by atoms with Gasteiger partial charge in [-0.2, -0.15) is 0 Å². The third kappa shape index (κ3) is 8.69. The standard InChI is InChI=1S/C38H42O4/c1-7-39-29(5)41-35-21-17-33(18-22-35)38(34-19-23-36(24-20-34)42-30(6)40-8-2)26-25-37(31-13-9-27(3)10-14-31)32-15-11-28(4)12-16-32/h9-26,29-30H,7-8H2,1-6H3. The first-order chi connectivity index (χ1) is 20.4. The molecule has 4 rings (SSSR count). The number of hydrogen-bond donors (Lipinski definition) is 0. The van der Waals surface area contributed by atoms with Gasteiger partial charge in [-0.3, -0.25) is 0 Å². The van der Waals surface area contributed by atoms with E-state index in [1.54, 1.807) is 0 Å². The van der Waals surface area contributed by atoms with Crippen molar-refractivity contribution in [2.24, 2.45) is 0 Å². The fourth-order valence-electron chi connectivity index (χ4n) is 4.70. The molecule has 4 nitrogen and oxygen atoms in total. The molecule has 0 fully saturated rings. The predicted molar refractivity (Wildman–Crippen MR) is 173 cm³/mol. The minimum Gasteiger partial charge on any atom is -0.465 e. The summed E-state index contributed by atoms with van der Waals surface area (Å²) in [6.07, 6.45) is 3.80. The third-order valence-electron chi connectivity index (χ3n) is 6.88. The number of hydrogen-bond acceptors (Lipinski definition) is 4. The Morgan fingerprint density at radius 3 is 1.07 bits per heavy atom. The number of benzene rings is 4. The predicted octanol–water partition coefficient (Wildman–Crippen LogP) is 9.39. The molecule has 0 saturated heterocycles. The molecule has 0 aromatic heterocycles. The topological polar surface area (TPSA) is 36.9 Å². The zero-order chi connectivity index (χ0) is 29.9. The summed E-state index contributed by atoms with van der Waals surface area (Å²) < 4.78 is 22.9. The molecule has 218 valence electrons. The van der Waals surface area contributed by atoms with Crippen LogP contribution in [0, 0.1) is 13.8 Å². The van der Waals surface area contributed by atoms with Gasteiger partial charge in [0, 0.05) is 13.2 Å². The van der Waals surface area contributed by atoms with Crippen molar-refractivity contribution in [2.45, 2.75) is 54.1 Å². The summed E-state index contributed by atoms with van der Waals surface area (Å²) >= 11 is 0. The first kappa shape index (κ1) is 30.8. The second-order valence-corrected chi connectivity index (χ2v) is 10.2. The Bertz CT molecular complexity index is 1340. The van der Waals surface area contributed by atoms with Crippen molar-refractivity contribution < 1.29 is 18.9 Å². The van der Waals surface area contributed by atoms with E-state index in [2.05, 4.69) is 98.8 Å². The van der Waals surface area contributed by atoms with Crippen molar-refractivity contribution in [3.8, 4) is 11.5 Å². The molecule has 0 aliphatic carbocycles. The zero-order valence-corrected chi connectivity index (χ0v) is 25.6. The maximum Gasteiger partial charge on any atom is 0.196 e. The van der Waals surface area contributed by atoms with Crippen LogP contribution < -0.4 is 9.47 Å². The van der Waals surface area contributed by atoms with E-state index in [1.807, 2.05) is 52.0 Å². The Hall–Kier alpha value is -4.12. The fourth-order valence-corrected chi connectivity index (χ4v) is 4.70. The Morgan fingerprint density at radius 1 is 0.500 bits per heavy atom. The zero-order valence-electron chi connectivity index (χ0n) is 25.6. The van der Waals surface area contributed by atoms with Crippen LogP contribution in [0.2, 0.25) is 0 Å². The van der Waals surface area contributed by atoms with E-state index in [1.165, 1.54) is 22.3 Å². The second kappa shape index (κ2) is 15.2. The van der Waals surface area contributed by atoms with Crippen molar-refractivity contribution in [3.05, 3.63) is 143 Å². The minimum atomic E-state index is -0.308. The Balaban J connectivity index is 1.77. The van der Waals surface area contributed by atoms with Gasteiger partial charge >= 0.3 is 0 Å². The molecular weight excluding hydrogens is 520 g/mol. The molecule has 0 N–H and O–H groups in total. The smallest absolute Gasteiger partial charge is 0.196 e. The quantitative estimate of drug-likeness (QED) is 0.120. The summed E-state index contributed by atoms with van der Waals surface area (Å²) in [6.45, 7) is 13.2. The molecule has 2 unspecified atom stereocenters. The molecule has 4 heteroatoms. The van der Waals surface area contributed by atoms with E-state index in [4.69, 9.17) is 18.9 Å². The van der Waals surface area contributed by atoms with Crippen LogP contribution in [0.4, 0.5) is 0 Å². The van der Waals surface area contributed by atoms with Gasteiger partial charge in [0.2, 0.25) is 0 Å². The lowest BCUT2D eigenvalue weighted by Gasteiger charge is -2.16. The second-order valence-electron chi connectivity index (χ2n) is 10.2. The summed E-state index contributed by atoms with van der Waals surface area (Å²) in [5, 5.41) is 0. The molecule has 0 heterocycles. The van der Waals surface area contributed by atoms with E-state index >= 15 is 0 Å². The molecule has 0 radical (unpaired) electrons. The van der Waals surface area contributed by atoms with Gasteiger partial charge in [-0.05, 0) is 99.2 Å². The molecule has 0 aliphatic heterocycles. The van der Waals surface area contributed by atoms with Crippen LogP contribution in [0.15, 0.2) is 109 Å². The van der Waals surface area contributed by atoms with E-state index in [-0.39, 0.29) is 12.6 Å². The van der Waals surface area contributed by atoms with Crippen LogP contribution in [-0.4, -0.2) is 25.8 Å². The van der Waals surface area contributed by atoms with Gasteiger partial charge in [-0.1, -0.05) is 96.1 Å². The van der Waals surface area contributed by atoms with Gasteiger partial charge in [0.15, 0.2) is 12.6 Å². The van der Waals surface area contributed by atoms with Crippen molar-refractivity contribution in [1.29, 1.82) is 0 Å². The van der Waals surface area contributed by atoms with Crippen molar-refractivity contribution >= 4 is 11.1 Å². The molecule has 0 amide bonds. The molecule has 0 aliphatic rings. The van der Waals surface area contributed by atoms with E-state index in [0.717, 1.165) is 33.8 Å². The van der Waals surface area contributed by atoms with Gasteiger partial charge in [-0.25, -0.2) is 0 Å². The van der Waals surface area contributed by atoms with Crippen LogP contribution in [0.5, 0.6) is 11.5 Å². The Morgan fingerprint density at radius 2 is 0.786 bits per heavy atom. The van der Waals surface area contributed by atoms with Crippen LogP contribution in [0.3, 0.4) is 0 Å².